The second-order valence-corrected chi connectivity index (χ2v) is 8.31. The number of methoxy groups -OCH3 is 2. The molecule has 1 aliphatic heterocycles. The van der Waals surface area contributed by atoms with Crippen LogP contribution in [0.2, 0.25) is 0 Å². The van der Waals surface area contributed by atoms with Crippen LogP contribution in [0.5, 0.6) is 11.5 Å². The molecule has 1 fully saturated rings. The van der Waals surface area contributed by atoms with Gasteiger partial charge in [0, 0.05) is 52.5 Å². The topological polar surface area (TPSA) is 120 Å². The summed E-state index contributed by atoms with van der Waals surface area (Å²) in [5, 5.41) is 0.702. The lowest BCUT2D eigenvalue weighted by Crippen LogP contribution is -2.49. The third-order valence-corrected chi connectivity index (χ3v) is 6.25. The number of benzene rings is 2. The molecule has 10 heteroatoms. The number of hydrogen-bond donors (Lipinski definition) is 2. The zero-order valence-corrected chi connectivity index (χ0v) is 19.4. The number of halogens is 1. The number of amides is 1. The first-order valence-corrected chi connectivity index (χ1v) is 10.8. The van der Waals surface area contributed by atoms with E-state index in [0.717, 1.165) is 3.57 Å². The Morgan fingerprint density at radius 1 is 1.00 bits per heavy atom. The Hall–Kier alpha value is -3.02. The molecule has 0 bridgehead atoms. The third-order valence-electron chi connectivity index (χ3n) is 5.32. The summed E-state index contributed by atoms with van der Waals surface area (Å²) >= 11 is 2.14. The molecule has 1 aliphatic rings. The normalized spacial score (nSPS) is 14.0. The molecule has 0 radical (unpaired) electrons. The van der Waals surface area contributed by atoms with Gasteiger partial charge in [0.05, 0.1) is 19.7 Å². The van der Waals surface area contributed by atoms with Crippen molar-refractivity contribution in [3.8, 4) is 11.5 Å². The summed E-state index contributed by atoms with van der Waals surface area (Å²) < 4.78 is 11.6. The molecule has 4 N–H and O–H groups in total. The summed E-state index contributed by atoms with van der Waals surface area (Å²) in [4.78, 5) is 25.9. The van der Waals surface area contributed by atoms with Crippen LogP contribution in [0.1, 0.15) is 10.4 Å². The van der Waals surface area contributed by atoms with Crippen LogP contribution in [-0.2, 0) is 0 Å². The quantitative estimate of drug-likeness (QED) is 0.387. The molecule has 9 nitrogen and oxygen atoms in total. The summed E-state index contributed by atoms with van der Waals surface area (Å²) in [6.07, 6.45) is 0. The van der Waals surface area contributed by atoms with Crippen molar-refractivity contribution >= 4 is 56.9 Å². The number of nitrogen functional groups attached to an aromatic ring is 2. The molecule has 0 unspecified atom stereocenters. The zero-order chi connectivity index (χ0) is 22.1. The average Bonchev–Trinajstić information content (AvgIpc) is 2.79. The van der Waals surface area contributed by atoms with Gasteiger partial charge in [0.15, 0.2) is 11.5 Å². The van der Waals surface area contributed by atoms with E-state index in [9.17, 15) is 4.79 Å². The van der Waals surface area contributed by atoms with Gasteiger partial charge in [0.25, 0.3) is 5.91 Å². The van der Waals surface area contributed by atoms with Crippen LogP contribution in [-0.4, -0.2) is 61.2 Å². The van der Waals surface area contributed by atoms with Crippen LogP contribution in [0.4, 0.5) is 17.5 Å². The molecular weight excluding hydrogens is 511 g/mol. The number of rotatable bonds is 4. The van der Waals surface area contributed by atoms with E-state index in [2.05, 4.69) is 32.6 Å². The Kier molecular flexibility index (Phi) is 5.90. The molecule has 1 amide bonds. The Morgan fingerprint density at radius 2 is 1.68 bits per heavy atom. The second-order valence-electron chi connectivity index (χ2n) is 7.15. The largest absolute Gasteiger partial charge is 0.493 e. The van der Waals surface area contributed by atoms with Gasteiger partial charge in [-0.25, -0.2) is 4.98 Å². The number of nitrogens with zero attached hydrogens (tertiary/aromatic N) is 4. The molecule has 2 aromatic carbocycles. The van der Waals surface area contributed by atoms with E-state index in [1.54, 1.807) is 38.5 Å². The van der Waals surface area contributed by atoms with Gasteiger partial charge in [-0.3, -0.25) is 4.79 Å². The molecule has 0 aliphatic carbocycles. The molecule has 3 aromatic rings. The Morgan fingerprint density at radius 3 is 2.32 bits per heavy atom. The number of nitrogens with two attached hydrogens (primary N) is 2. The molecule has 0 spiro atoms. The smallest absolute Gasteiger partial charge is 0.254 e. The molecule has 1 saturated heterocycles. The first-order chi connectivity index (χ1) is 14.9. The molecule has 162 valence electrons. The molecular formula is C21H23IN6O3. The Bertz CT molecular complexity index is 1150. The summed E-state index contributed by atoms with van der Waals surface area (Å²) in [5.41, 5.74) is 14.0. The van der Waals surface area contributed by atoms with E-state index in [-0.39, 0.29) is 5.91 Å². The maximum absolute atomic E-state index is 12.9. The number of carbonyl (C=O) groups is 1. The minimum absolute atomic E-state index is 0.00617. The van der Waals surface area contributed by atoms with Crippen LogP contribution in [0.25, 0.3) is 10.9 Å². The molecule has 0 saturated carbocycles. The highest BCUT2D eigenvalue weighted by molar-refractivity contribution is 14.1. The number of anilines is 3. The standard InChI is InChI=1S/C21H23IN6O3/c1-30-17-10-13-16(11-18(17)31-2)25-21(26-19(13)24)28-7-5-27(6-8-28)20(29)12-3-4-15(23)14(22)9-12/h3-4,9-11H,5-8,23H2,1-2H3,(H2,24,25,26). The van der Waals surface area contributed by atoms with Gasteiger partial charge in [0.2, 0.25) is 5.95 Å². The summed E-state index contributed by atoms with van der Waals surface area (Å²) in [6.45, 7) is 2.34. The van der Waals surface area contributed by atoms with Gasteiger partial charge in [-0.1, -0.05) is 0 Å². The average molecular weight is 534 g/mol. The van der Waals surface area contributed by atoms with Crippen molar-refractivity contribution in [1.82, 2.24) is 14.9 Å². The minimum Gasteiger partial charge on any atom is -0.493 e. The van der Waals surface area contributed by atoms with Crippen LogP contribution in [0, 0.1) is 3.57 Å². The van der Waals surface area contributed by atoms with Gasteiger partial charge in [-0.15, -0.1) is 0 Å². The minimum atomic E-state index is -0.00617. The van der Waals surface area contributed by atoms with E-state index in [1.165, 1.54) is 0 Å². The maximum atomic E-state index is 12.9. The van der Waals surface area contributed by atoms with Gasteiger partial charge in [0.1, 0.15) is 5.82 Å². The predicted octanol–water partition coefficient (Wildman–Crippen LogP) is 2.38. The number of hydrogen-bond acceptors (Lipinski definition) is 8. The van der Waals surface area contributed by atoms with Crippen molar-refractivity contribution < 1.29 is 14.3 Å². The van der Waals surface area contributed by atoms with Crippen LogP contribution < -0.4 is 25.8 Å². The fourth-order valence-corrected chi connectivity index (χ4v) is 4.08. The third kappa shape index (κ3) is 4.11. The van der Waals surface area contributed by atoms with Crippen molar-refractivity contribution in [3.63, 3.8) is 0 Å². The van der Waals surface area contributed by atoms with Gasteiger partial charge < -0.3 is 30.7 Å². The van der Waals surface area contributed by atoms with Gasteiger partial charge >= 0.3 is 0 Å². The van der Waals surface area contributed by atoms with Crippen LogP contribution >= 0.6 is 22.6 Å². The highest BCUT2D eigenvalue weighted by Gasteiger charge is 2.24. The number of carbonyl (C=O) groups excluding carboxylic acids is 1. The fraction of sp³-hybridized carbons (Fsp3) is 0.286. The summed E-state index contributed by atoms with van der Waals surface area (Å²) in [7, 11) is 3.15. The lowest BCUT2D eigenvalue weighted by Gasteiger charge is -2.35. The zero-order valence-electron chi connectivity index (χ0n) is 17.3. The van der Waals surface area contributed by atoms with E-state index >= 15 is 0 Å². The van der Waals surface area contributed by atoms with Gasteiger partial charge in [-0.05, 0) is 46.9 Å². The fourth-order valence-electron chi connectivity index (χ4n) is 3.56. The second kappa shape index (κ2) is 8.61. The lowest BCUT2D eigenvalue weighted by atomic mass is 10.1. The number of fused-ring (bicyclic) bond motifs is 1. The summed E-state index contributed by atoms with van der Waals surface area (Å²) in [6, 6.07) is 8.91. The highest BCUT2D eigenvalue weighted by atomic mass is 127. The SMILES string of the molecule is COc1cc2nc(N3CCN(C(=O)c4ccc(N)c(I)c4)CC3)nc(N)c2cc1OC. The van der Waals surface area contributed by atoms with Crippen molar-refractivity contribution in [2.24, 2.45) is 0 Å². The monoisotopic (exact) mass is 534 g/mol. The first-order valence-electron chi connectivity index (χ1n) is 9.69. The van der Waals surface area contributed by atoms with E-state index in [4.69, 9.17) is 20.9 Å². The van der Waals surface area contributed by atoms with Gasteiger partial charge in [-0.2, -0.15) is 4.98 Å². The maximum Gasteiger partial charge on any atom is 0.254 e. The van der Waals surface area contributed by atoms with E-state index in [0.29, 0.717) is 71.6 Å². The Balaban J connectivity index is 1.53. The van der Waals surface area contributed by atoms with E-state index < -0.39 is 0 Å². The molecule has 31 heavy (non-hydrogen) atoms. The summed E-state index contributed by atoms with van der Waals surface area (Å²) in [5.74, 6) is 2.05. The highest BCUT2D eigenvalue weighted by Crippen LogP contribution is 2.34. The van der Waals surface area contributed by atoms with Crippen molar-refractivity contribution in [3.05, 3.63) is 39.5 Å². The number of aromatic nitrogens is 2. The predicted molar refractivity (Wildman–Crippen MR) is 129 cm³/mol. The molecule has 0 atom stereocenters. The number of piperazine rings is 1. The first kappa shape index (κ1) is 21.2. The van der Waals surface area contributed by atoms with Crippen LogP contribution in [0.15, 0.2) is 30.3 Å². The molecule has 1 aromatic heterocycles. The van der Waals surface area contributed by atoms with Crippen molar-refractivity contribution in [1.29, 1.82) is 0 Å². The van der Waals surface area contributed by atoms with E-state index in [1.807, 2.05) is 15.9 Å². The van der Waals surface area contributed by atoms with Crippen LogP contribution in [0.3, 0.4) is 0 Å². The number of ether oxygens (including phenoxy) is 2. The molecule has 2 heterocycles. The molecule has 4 rings (SSSR count). The van der Waals surface area contributed by atoms with Crippen molar-refractivity contribution in [2.45, 2.75) is 0 Å². The van der Waals surface area contributed by atoms with Crippen molar-refractivity contribution in [2.75, 3.05) is 56.8 Å². The Labute approximate surface area is 193 Å². The lowest BCUT2D eigenvalue weighted by molar-refractivity contribution is 0.0746.